The van der Waals surface area contributed by atoms with Gasteiger partial charge in [-0.25, -0.2) is 0 Å². The zero-order valence-electron chi connectivity index (χ0n) is 15.4. The molecule has 0 rings (SSSR count). The quantitative estimate of drug-likeness (QED) is 0.327. The van der Waals surface area contributed by atoms with Gasteiger partial charge in [-0.2, -0.15) is 0 Å². The third-order valence-electron chi connectivity index (χ3n) is 4.40. The summed E-state index contributed by atoms with van der Waals surface area (Å²) in [7, 11) is 0. The van der Waals surface area contributed by atoms with Gasteiger partial charge in [0, 0.05) is 0 Å². The molecule has 1 unspecified atom stereocenters. The van der Waals surface area contributed by atoms with Crippen LogP contribution in [0, 0.1) is 5.92 Å². The first kappa shape index (κ1) is 21.0. The molecule has 0 aliphatic heterocycles. The third-order valence-corrected chi connectivity index (χ3v) is 4.40. The average Bonchev–Trinajstić information content (AvgIpc) is 2.38. The van der Waals surface area contributed by atoms with Crippen molar-refractivity contribution in [1.29, 1.82) is 0 Å². The highest BCUT2D eigenvalue weighted by Gasteiger charge is 2.16. The van der Waals surface area contributed by atoms with Crippen molar-refractivity contribution in [3.63, 3.8) is 0 Å². The zero-order valence-corrected chi connectivity index (χ0v) is 15.4. The van der Waals surface area contributed by atoms with Crippen LogP contribution in [-0.2, 0) is 0 Å². The van der Waals surface area contributed by atoms with E-state index in [0.29, 0.717) is 5.92 Å². The minimum Gasteiger partial charge on any atom is -0.390 e. The van der Waals surface area contributed by atoms with Gasteiger partial charge in [-0.05, 0) is 26.2 Å². The fourth-order valence-electron chi connectivity index (χ4n) is 3.29. The Morgan fingerprint density at radius 3 is 1.48 bits per heavy atom. The van der Waals surface area contributed by atoms with E-state index >= 15 is 0 Å². The second kappa shape index (κ2) is 13.6. The van der Waals surface area contributed by atoms with Crippen LogP contribution < -0.4 is 0 Å². The van der Waals surface area contributed by atoms with Gasteiger partial charge >= 0.3 is 0 Å². The first-order valence-corrected chi connectivity index (χ1v) is 9.68. The van der Waals surface area contributed by atoms with E-state index in [0.717, 1.165) is 6.42 Å². The van der Waals surface area contributed by atoms with Gasteiger partial charge in [0.25, 0.3) is 0 Å². The minimum atomic E-state index is -0.490. The molecular weight excluding hydrogens is 256 g/mol. The van der Waals surface area contributed by atoms with Crippen LogP contribution in [0.2, 0.25) is 0 Å². The summed E-state index contributed by atoms with van der Waals surface area (Å²) >= 11 is 0. The highest BCUT2D eigenvalue weighted by molar-refractivity contribution is 4.69. The Morgan fingerprint density at radius 2 is 1.10 bits per heavy atom. The lowest BCUT2D eigenvalue weighted by molar-refractivity contribution is 0.0536. The molecule has 0 amide bonds. The highest BCUT2D eigenvalue weighted by atomic mass is 16.3. The monoisotopic (exact) mass is 298 g/mol. The second-order valence-electron chi connectivity index (χ2n) is 7.80. The van der Waals surface area contributed by atoms with E-state index in [1.54, 1.807) is 0 Å². The summed E-state index contributed by atoms with van der Waals surface area (Å²) in [5, 5.41) is 9.78. The van der Waals surface area contributed by atoms with E-state index in [-0.39, 0.29) is 0 Å². The van der Waals surface area contributed by atoms with Crippen LogP contribution in [-0.4, -0.2) is 10.7 Å². The molecule has 0 spiro atoms. The number of aliphatic hydroxyl groups is 1. The summed E-state index contributed by atoms with van der Waals surface area (Å²) in [4.78, 5) is 0. The SMILES string of the molecule is CCCCCCCCCCCCCCC(C)CC(C)(C)O. The molecule has 0 heterocycles. The van der Waals surface area contributed by atoms with E-state index in [2.05, 4.69) is 13.8 Å². The van der Waals surface area contributed by atoms with Gasteiger partial charge in [0.2, 0.25) is 0 Å². The second-order valence-corrected chi connectivity index (χ2v) is 7.80. The average molecular weight is 299 g/mol. The molecule has 0 aliphatic carbocycles. The summed E-state index contributed by atoms with van der Waals surface area (Å²) in [5.41, 5.74) is -0.490. The summed E-state index contributed by atoms with van der Waals surface area (Å²) in [6.07, 6.45) is 19.2. The van der Waals surface area contributed by atoms with Gasteiger partial charge in [0.05, 0.1) is 5.60 Å². The van der Waals surface area contributed by atoms with E-state index in [1.165, 1.54) is 83.5 Å². The number of unbranched alkanes of at least 4 members (excludes halogenated alkanes) is 11. The fourth-order valence-corrected chi connectivity index (χ4v) is 3.29. The molecule has 21 heavy (non-hydrogen) atoms. The lowest BCUT2D eigenvalue weighted by Crippen LogP contribution is -2.21. The molecule has 0 aromatic carbocycles. The van der Waals surface area contributed by atoms with E-state index in [9.17, 15) is 5.11 Å². The fraction of sp³-hybridized carbons (Fsp3) is 1.00. The summed E-state index contributed by atoms with van der Waals surface area (Å²) in [5.74, 6) is 0.660. The van der Waals surface area contributed by atoms with Crippen molar-refractivity contribution in [2.24, 2.45) is 5.92 Å². The number of hydrogen-bond donors (Lipinski definition) is 1. The van der Waals surface area contributed by atoms with E-state index in [1.807, 2.05) is 13.8 Å². The van der Waals surface area contributed by atoms with Crippen molar-refractivity contribution in [1.82, 2.24) is 0 Å². The Labute approximate surface area is 134 Å². The highest BCUT2D eigenvalue weighted by Crippen LogP contribution is 2.21. The molecule has 0 aromatic heterocycles. The van der Waals surface area contributed by atoms with Crippen LogP contribution in [0.4, 0.5) is 0 Å². The molecule has 1 atom stereocenters. The Balaban J connectivity index is 3.15. The van der Waals surface area contributed by atoms with Crippen molar-refractivity contribution in [3.8, 4) is 0 Å². The molecule has 0 fully saturated rings. The van der Waals surface area contributed by atoms with Crippen LogP contribution in [0.15, 0.2) is 0 Å². The van der Waals surface area contributed by atoms with E-state index in [4.69, 9.17) is 0 Å². The van der Waals surface area contributed by atoms with Gasteiger partial charge in [0.15, 0.2) is 0 Å². The molecular formula is C20H42O. The predicted octanol–water partition coefficient (Wildman–Crippen LogP) is 6.87. The van der Waals surface area contributed by atoms with Crippen molar-refractivity contribution in [2.75, 3.05) is 0 Å². The van der Waals surface area contributed by atoms with Crippen molar-refractivity contribution < 1.29 is 5.11 Å². The topological polar surface area (TPSA) is 20.2 Å². The van der Waals surface area contributed by atoms with E-state index < -0.39 is 5.60 Å². The maximum Gasteiger partial charge on any atom is 0.0594 e. The van der Waals surface area contributed by atoms with Crippen LogP contribution in [0.1, 0.15) is 118 Å². The van der Waals surface area contributed by atoms with Crippen molar-refractivity contribution in [2.45, 2.75) is 123 Å². The van der Waals surface area contributed by atoms with Crippen molar-refractivity contribution >= 4 is 0 Å². The lowest BCUT2D eigenvalue weighted by Gasteiger charge is -2.21. The zero-order chi connectivity index (χ0) is 16.0. The smallest absolute Gasteiger partial charge is 0.0594 e. The first-order chi connectivity index (χ1) is 9.95. The van der Waals surface area contributed by atoms with Gasteiger partial charge in [0.1, 0.15) is 0 Å². The molecule has 1 N–H and O–H groups in total. The molecule has 0 radical (unpaired) electrons. The Kier molecular flexibility index (Phi) is 13.6. The molecule has 0 bridgehead atoms. The van der Waals surface area contributed by atoms with Gasteiger partial charge in [-0.15, -0.1) is 0 Å². The summed E-state index contributed by atoms with van der Waals surface area (Å²) in [6.45, 7) is 8.40. The Hall–Kier alpha value is -0.0400. The third kappa shape index (κ3) is 17.9. The Bertz CT molecular complexity index is 204. The van der Waals surface area contributed by atoms with Crippen LogP contribution in [0.3, 0.4) is 0 Å². The van der Waals surface area contributed by atoms with Crippen molar-refractivity contribution in [3.05, 3.63) is 0 Å². The Morgan fingerprint density at radius 1 is 0.714 bits per heavy atom. The molecule has 0 saturated carbocycles. The largest absolute Gasteiger partial charge is 0.390 e. The normalized spacial score (nSPS) is 13.6. The first-order valence-electron chi connectivity index (χ1n) is 9.68. The van der Waals surface area contributed by atoms with Gasteiger partial charge in [-0.3, -0.25) is 0 Å². The predicted molar refractivity (Wildman–Crippen MR) is 95.8 cm³/mol. The van der Waals surface area contributed by atoms with Crippen LogP contribution in [0.25, 0.3) is 0 Å². The maximum absolute atomic E-state index is 9.78. The molecule has 128 valence electrons. The lowest BCUT2D eigenvalue weighted by atomic mass is 9.91. The number of rotatable bonds is 15. The van der Waals surface area contributed by atoms with Crippen LogP contribution in [0.5, 0.6) is 0 Å². The molecule has 0 aromatic rings. The molecule has 0 saturated heterocycles. The molecule has 0 aliphatic rings. The maximum atomic E-state index is 9.78. The summed E-state index contributed by atoms with van der Waals surface area (Å²) < 4.78 is 0. The van der Waals surface area contributed by atoms with Crippen LogP contribution >= 0.6 is 0 Å². The standard InChI is InChI=1S/C20H42O/c1-5-6-7-8-9-10-11-12-13-14-15-16-17-19(2)18-20(3,4)21/h19,21H,5-18H2,1-4H3. The van der Waals surface area contributed by atoms with Gasteiger partial charge < -0.3 is 5.11 Å². The number of hydrogen-bond acceptors (Lipinski definition) is 1. The molecule has 1 nitrogen and oxygen atoms in total. The minimum absolute atomic E-state index is 0.490. The van der Waals surface area contributed by atoms with Gasteiger partial charge in [-0.1, -0.05) is 97.3 Å². The summed E-state index contributed by atoms with van der Waals surface area (Å²) in [6, 6.07) is 0. The molecule has 1 heteroatoms.